The van der Waals surface area contributed by atoms with Crippen molar-refractivity contribution in [2.24, 2.45) is 5.73 Å². The van der Waals surface area contributed by atoms with Crippen molar-refractivity contribution in [3.63, 3.8) is 0 Å². The molecule has 0 saturated heterocycles. The van der Waals surface area contributed by atoms with E-state index >= 15 is 0 Å². The average Bonchev–Trinajstić information content (AvgIpc) is 2.29. The molecular weight excluding hydrogens is 393 g/mol. The second kappa shape index (κ2) is 6.50. The Bertz CT molecular complexity index is 382. The SMILES string of the molecule is COC(C)(C)CCC(N)c1cc(I)ccc1Br. The molecule has 1 unspecified atom stereocenters. The summed E-state index contributed by atoms with van der Waals surface area (Å²) < 4.78 is 7.70. The molecule has 1 aromatic rings. The number of hydrogen-bond donors (Lipinski definition) is 1. The molecular formula is C13H19BrINO. The van der Waals surface area contributed by atoms with Crippen molar-refractivity contribution in [1.29, 1.82) is 0 Å². The van der Waals surface area contributed by atoms with Gasteiger partial charge in [0, 0.05) is 21.2 Å². The molecule has 0 heterocycles. The number of methoxy groups -OCH3 is 1. The summed E-state index contributed by atoms with van der Waals surface area (Å²) in [6.45, 7) is 4.17. The zero-order valence-corrected chi connectivity index (χ0v) is 14.2. The van der Waals surface area contributed by atoms with E-state index in [-0.39, 0.29) is 11.6 Å². The number of benzene rings is 1. The van der Waals surface area contributed by atoms with Gasteiger partial charge in [0.2, 0.25) is 0 Å². The van der Waals surface area contributed by atoms with Crippen LogP contribution in [0.5, 0.6) is 0 Å². The van der Waals surface area contributed by atoms with Crippen LogP contribution < -0.4 is 5.73 Å². The molecule has 17 heavy (non-hydrogen) atoms. The molecule has 0 fully saturated rings. The van der Waals surface area contributed by atoms with Crippen LogP contribution in [0, 0.1) is 3.57 Å². The van der Waals surface area contributed by atoms with Crippen LogP contribution in [0.15, 0.2) is 22.7 Å². The van der Waals surface area contributed by atoms with Crippen molar-refractivity contribution in [3.8, 4) is 0 Å². The van der Waals surface area contributed by atoms with Gasteiger partial charge in [-0.3, -0.25) is 0 Å². The van der Waals surface area contributed by atoms with Gasteiger partial charge in [-0.2, -0.15) is 0 Å². The summed E-state index contributed by atoms with van der Waals surface area (Å²) in [6.07, 6.45) is 1.86. The Hall–Kier alpha value is 0.350. The van der Waals surface area contributed by atoms with Gasteiger partial charge in [-0.05, 0) is 73.0 Å². The van der Waals surface area contributed by atoms with Gasteiger partial charge in [0.05, 0.1) is 5.60 Å². The lowest BCUT2D eigenvalue weighted by Crippen LogP contribution is -2.24. The molecule has 0 amide bonds. The van der Waals surface area contributed by atoms with Crippen molar-refractivity contribution < 1.29 is 4.74 Å². The fourth-order valence-electron chi connectivity index (χ4n) is 1.56. The van der Waals surface area contributed by atoms with E-state index < -0.39 is 0 Å². The molecule has 0 saturated carbocycles. The Labute approximate surface area is 126 Å². The first kappa shape index (κ1) is 15.4. The van der Waals surface area contributed by atoms with Gasteiger partial charge in [-0.15, -0.1) is 0 Å². The molecule has 96 valence electrons. The van der Waals surface area contributed by atoms with E-state index in [1.165, 1.54) is 9.13 Å². The van der Waals surface area contributed by atoms with Gasteiger partial charge in [-0.25, -0.2) is 0 Å². The van der Waals surface area contributed by atoms with Gasteiger partial charge >= 0.3 is 0 Å². The maximum atomic E-state index is 6.24. The molecule has 0 aliphatic rings. The standard InChI is InChI=1S/C13H19BrINO/c1-13(2,17-3)7-6-12(16)10-8-9(15)4-5-11(10)14/h4-5,8,12H,6-7,16H2,1-3H3. The average molecular weight is 412 g/mol. The van der Waals surface area contributed by atoms with Gasteiger partial charge in [0.25, 0.3) is 0 Å². The van der Waals surface area contributed by atoms with E-state index in [1.807, 2.05) is 0 Å². The summed E-state index contributed by atoms with van der Waals surface area (Å²) in [5.74, 6) is 0. The van der Waals surface area contributed by atoms with E-state index in [9.17, 15) is 0 Å². The Morgan fingerprint density at radius 3 is 2.71 bits per heavy atom. The van der Waals surface area contributed by atoms with Crippen LogP contribution in [0.25, 0.3) is 0 Å². The van der Waals surface area contributed by atoms with E-state index in [2.05, 4.69) is 70.6 Å². The molecule has 0 aromatic heterocycles. The van der Waals surface area contributed by atoms with Crippen LogP contribution >= 0.6 is 38.5 Å². The van der Waals surface area contributed by atoms with Crippen molar-refractivity contribution in [2.45, 2.75) is 38.3 Å². The number of ether oxygens (including phenoxy) is 1. The molecule has 1 rings (SSSR count). The highest BCUT2D eigenvalue weighted by atomic mass is 127. The highest BCUT2D eigenvalue weighted by Gasteiger charge is 2.19. The first-order valence-corrected chi connectivity index (χ1v) is 7.48. The van der Waals surface area contributed by atoms with Gasteiger partial charge in [0.1, 0.15) is 0 Å². The maximum Gasteiger partial charge on any atom is 0.0623 e. The maximum absolute atomic E-state index is 6.24. The predicted octanol–water partition coefficient (Wildman–Crippen LogP) is 4.26. The normalized spacial score (nSPS) is 13.8. The van der Waals surface area contributed by atoms with Crippen LogP contribution in [-0.2, 0) is 4.74 Å². The summed E-state index contributed by atoms with van der Waals surface area (Å²) in [5, 5.41) is 0. The molecule has 0 bridgehead atoms. The molecule has 1 aromatic carbocycles. The van der Waals surface area contributed by atoms with Crippen LogP contribution in [0.2, 0.25) is 0 Å². The first-order valence-electron chi connectivity index (χ1n) is 5.61. The topological polar surface area (TPSA) is 35.2 Å². The second-order valence-corrected chi connectivity index (χ2v) is 6.87. The minimum Gasteiger partial charge on any atom is -0.379 e. The Kier molecular flexibility index (Phi) is 5.89. The lowest BCUT2D eigenvalue weighted by atomic mass is 9.95. The number of nitrogens with two attached hydrogens (primary N) is 1. The number of hydrogen-bond acceptors (Lipinski definition) is 2. The zero-order valence-electron chi connectivity index (χ0n) is 10.5. The fraction of sp³-hybridized carbons (Fsp3) is 0.538. The van der Waals surface area contributed by atoms with Crippen LogP contribution in [0.4, 0.5) is 0 Å². The van der Waals surface area contributed by atoms with Crippen LogP contribution in [0.3, 0.4) is 0 Å². The molecule has 0 aliphatic heterocycles. The summed E-state index contributed by atoms with van der Waals surface area (Å²) >= 11 is 5.86. The van der Waals surface area contributed by atoms with Gasteiger partial charge < -0.3 is 10.5 Å². The lowest BCUT2D eigenvalue weighted by Gasteiger charge is -2.25. The van der Waals surface area contributed by atoms with Gasteiger partial charge in [-0.1, -0.05) is 15.9 Å². The van der Waals surface area contributed by atoms with Crippen LogP contribution in [-0.4, -0.2) is 12.7 Å². The molecule has 0 radical (unpaired) electrons. The molecule has 2 nitrogen and oxygen atoms in total. The number of halogens is 2. The molecule has 4 heteroatoms. The lowest BCUT2D eigenvalue weighted by molar-refractivity contribution is 0.0125. The van der Waals surface area contributed by atoms with E-state index in [1.54, 1.807) is 7.11 Å². The molecule has 0 aliphatic carbocycles. The fourth-order valence-corrected chi connectivity index (χ4v) is 2.62. The minimum absolute atomic E-state index is 0.0496. The molecule has 0 spiro atoms. The first-order chi connectivity index (χ1) is 7.85. The monoisotopic (exact) mass is 411 g/mol. The third kappa shape index (κ3) is 4.85. The summed E-state index contributed by atoms with van der Waals surface area (Å²) in [5.41, 5.74) is 7.30. The number of rotatable bonds is 5. The third-order valence-electron chi connectivity index (χ3n) is 2.97. The van der Waals surface area contributed by atoms with Crippen molar-refractivity contribution >= 4 is 38.5 Å². The zero-order chi connectivity index (χ0) is 13.1. The Balaban J connectivity index is 2.70. The van der Waals surface area contributed by atoms with Crippen molar-refractivity contribution in [2.75, 3.05) is 7.11 Å². The van der Waals surface area contributed by atoms with Crippen molar-refractivity contribution in [3.05, 3.63) is 31.8 Å². The molecule has 2 N–H and O–H groups in total. The predicted molar refractivity (Wildman–Crippen MR) is 84.1 cm³/mol. The second-order valence-electron chi connectivity index (χ2n) is 4.77. The quantitative estimate of drug-likeness (QED) is 0.734. The van der Waals surface area contributed by atoms with Crippen LogP contribution in [0.1, 0.15) is 38.3 Å². The molecule has 1 atom stereocenters. The highest BCUT2D eigenvalue weighted by molar-refractivity contribution is 14.1. The Morgan fingerprint density at radius 1 is 1.47 bits per heavy atom. The smallest absolute Gasteiger partial charge is 0.0623 e. The van der Waals surface area contributed by atoms with E-state index in [0.29, 0.717) is 0 Å². The Morgan fingerprint density at radius 2 is 2.12 bits per heavy atom. The van der Waals surface area contributed by atoms with Gasteiger partial charge in [0.15, 0.2) is 0 Å². The van der Waals surface area contributed by atoms with E-state index in [0.717, 1.165) is 17.3 Å². The summed E-state index contributed by atoms with van der Waals surface area (Å²) in [6, 6.07) is 6.31. The summed E-state index contributed by atoms with van der Waals surface area (Å²) in [4.78, 5) is 0. The highest BCUT2D eigenvalue weighted by Crippen LogP contribution is 2.29. The minimum atomic E-state index is -0.105. The van der Waals surface area contributed by atoms with Crippen molar-refractivity contribution in [1.82, 2.24) is 0 Å². The largest absolute Gasteiger partial charge is 0.379 e. The summed E-state index contributed by atoms with van der Waals surface area (Å²) in [7, 11) is 1.74. The third-order valence-corrected chi connectivity index (χ3v) is 4.36. The van der Waals surface area contributed by atoms with E-state index in [4.69, 9.17) is 10.5 Å².